The first kappa shape index (κ1) is 9.09. The Morgan fingerprint density at radius 3 is 1.45 bits per heavy atom. The van der Waals surface area contributed by atoms with Crippen molar-refractivity contribution in [3.8, 4) is 0 Å². The van der Waals surface area contributed by atoms with E-state index in [0.29, 0.717) is 0 Å². The lowest BCUT2D eigenvalue weighted by Crippen LogP contribution is -2.08. The Morgan fingerprint density at radius 1 is 1.00 bits per heavy atom. The molecule has 66 valence electrons. The molecular weight excluding hydrogens is 132 g/mol. The lowest BCUT2D eigenvalue weighted by molar-refractivity contribution is 0.307. The first-order valence-electron chi connectivity index (χ1n) is 5.33. The SMILES string of the molecule is CC1CCC1.CCC1CCC1. The van der Waals surface area contributed by atoms with E-state index in [1.54, 1.807) is 0 Å². The minimum atomic E-state index is 1.06. The van der Waals surface area contributed by atoms with Gasteiger partial charge in [-0.15, -0.1) is 0 Å². The highest BCUT2D eigenvalue weighted by Gasteiger charge is 2.13. The van der Waals surface area contributed by atoms with Gasteiger partial charge in [0.15, 0.2) is 0 Å². The molecule has 0 heterocycles. The van der Waals surface area contributed by atoms with E-state index in [1.165, 1.54) is 44.9 Å². The largest absolute Gasteiger partial charge is 0.0651 e. The van der Waals surface area contributed by atoms with E-state index in [2.05, 4.69) is 13.8 Å². The average molecular weight is 154 g/mol. The summed E-state index contributed by atoms with van der Waals surface area (Å²) in [4.78, 5) is 0. The average Bonchev–Trinajstić information content (AvgIpc) is 1.83. The van der Waals surface area contributed by atoms with Crippen LogP contribution in [0.3, 0.4) is 0 Å². The molecule has 0 aromatic rings. The molecule has 0 atom stereocenters. The molecule has 0 nitrogen and oxygen atoms in total. The van der Waals surface area contributed by atoms with Gasteiger partial charge in [-0.05, 0) is 11.8 Å². The van der Waals surface area contributed by atoms with Crippen LogP contribution in [0, 0.1) is 11.8 Å². The van der Waals surface area contributed by atoms with Crippen LogP contribution in [0.15, 0.2) is 0 Å². The molecular formula is C11H22. The fraction of sp³-hybridized carbons (Fsp3) is 1.00. The molecule has 0 bridgehead atoms. The van der Waals surface area contributed by atoms with Crippen molar-refractivity contribution in [2.24, 2.45) is 11.8 Å². The highest BCUT2D eigenvalue weighted by molar-refractivity contribution is 4.66. The molecule has 2 rings (SSSR count). The predicted octanol–water partition coefficient (Wildman–Crippen LogP) is 4.00. The summed E-state index contributed by atoms with van der Waals surface area (Å²) in [6.07, 6.45) is 10.4. The van der Waals surface area contributed by atoms with Crippen molar-refractivity contribution in [1.82, 2.24) is 0 Å². The fourth-order valence-electron chi connectivity index (χ4n) is 1.51. The van der Waals surface area contributed by atoms with Gasteiger partial charge in [0.25, 0.3) is 0 Å². The molecule has 0 aromatic carbocycles. The van der Waals surface area contributed by atoms with Gasteiger partial charge in [-0.25, -0.2) is 0 Å². The minimum absolute atomic E-state index is 1.06. The van der Waals surface area contributed by atoms with Crippen molar-refractivity contribution >= 4 is 0 Å². The van der Waals surface area contributed by atoms with Gasteiger partial charge >= 0.3 is 0 Å². The van der Waals surface area contributed by atoms with E-state index in [4.69, 9.17) is 0 Å². The lowest BCUT2D eigenvalue weighted by Gasteiger charge is -2.22. The predicted molar refractivity (Wildman–Crippen MR) is 50.6 cm³/mol. The van der Waals surface area contributed by atoms with Gasteiger partial charge in [-0.3, -0.25) is 0 Å². The molecule has 2 fully saturated rings. The molecule has 2 aliphatic rings. The zero-order chi connectivity index (χ0) is 8.10. The fourth-order valence-corrected chi connectivity index (χ4v) is 1.51. The summed E-state index contributed by atoms with van der Waals surface area (Å²) < 4.78 is 0. The summed E-state index contributed by atoms with van der Waals surface area (Å²) in [6.45, 7) is 4.59. The zero-order valence-electron chi connectivity index (χ0n) is 8.10. The quantitative estimate of drug-likeness (QED) is 0.535. The van der Waals surface area contributed by atoms with Crippen LogP contribution in [0.5, 0.6) is 0 Å². The Hall–Kier alpha value is 0. The van der Waals surface area contributed by atoms with Crippen LogP contribution in [-0.4, -0.2) is 0 Å². The third-order valence-corrected chi connectivity index (χ3v) is 3.20. The minimum Gasteiger partial charge on any atom is -0.0651 e. The molecule has 2 aliphatic carbocycles. The summed E-state index contributed by atoms with van der Waals surface area (Å²) in [5.74, 6) is 2.18. The molecule has 0 heteroatoms. The van der Waals surface area contributed by atoms with Gasteiger partial charge in [0, 0.05) is 0 Å². The first-order chi connectivity index (χ1) is 5.33. The van der Waals surface area contributed by atoms with Gasteiger partial charge < -0.3 is 0 Å². The van der Waals surface area contributed by atoms with Gasteiger partial charge in [-0.2, -0.15) is 0 Å². The maximum absolute atomic E-state index is 2.31. The van der Waals surface area contributed by atoms with Crippen molar-refractivity contribution in [1.29, 1.82) is 0 Å². The Kier molecular flexibility index (Phi) is 3.96. The van der Waals surface area contributed by atoms with Crippen LogP contribution in [0.1, 0.15) is 58.8 Å². The topological polar surface area (TPSA) is 0 Å². The van der Waals surface area contributed by atoms with Crippen LogP contribution in [0.2, 0.25) is 0 Å². The van der Waals surface area contributed by atoms with Crippen LogP contribution in [-0.2, 0) is 0 Å². The van der Waals surface area contributed by atoms with Crippen molar-refractivity contribution in [3.05, 3.63) is 0 Å². The number of rotatable bonds is 1. The Labute approximate surface area is 71.4 Å². The molecule has 0 amide bonds. The molecule has 11 heavy (non-hydrogen) atoms. The van der Waals surface area contributed by atoms with E-state index in [0.717, 1.165) is 11.8 Å². The van der Waals surface area contributed by atoms with Crippen molar-refractivity contribution < 1.29 is 0 Å². The second-order valence-electron chi connectivity index (χ2n) is 4.24. The van der Waals surface area contributed by atoms with E-state index in [9.17, 15) is 0 Å². The molecule has 0 unspecified atom stereocenters. The summed E-state index contributed by atoms with van der Waals surface area (Å²) in [6, 6.07) is 0. The molecule has 0 spiro atoms. The van der Waals surface area contributed by atoms with Crippen molar-refractivity contribution in [2.75, 3.05) is 0 Å². The third kappa shape index (κ3) is 3.27. The molecule has 0 saturated heterocycles. The van der Waals surface area contributed by atoms with Crippen molar-refractivity contribution in [2.45, 2.75) is 58.8 Å². The molecule has 0 radical (unpaired) electrons. The standard InChI is InChI=1S/C6H12.C5H10/c1-2-6-4-3-5-6;1-5-3-2-4-5/h6H,2-5H2,1H3;5H,2-4H2,1H3. The lowest BCUT2D eigenvalue weighted by atomic mass is 9.84. The van der Waals surface area contributed by atoms with Crippen LogP contribution in [0.4, 0.5) is 0 Å². The van der Waals surface area contributed by atoms with Gasteiger partial charge in [0.1, 0.15) is 0 Å². The van der Waals surface area contributed by atoms with Crippen molar-refractivity contribution in [3.63, 3.8) is 0 Å². The highest BCUT2D eigenvalue weighted by atomic mass is 14.2. The van der Waals surface area contributed by atoms with Gasteiger partial charge in [0.2, 0.25) is 0 Å². The molecule has 2 saturated carbocycles. The number of hydrogen-bond acceptors (Lipinski definition) is 0. The van der Waals surface area contributed by atoms with E-state index in [1.807, 2.05) is 0 Å². The van der Waals surface area contributed by atoms with Crippen LogP contribution in [0.25, 0.3) is 0 Å². The highest BCUT2D eigenvalue weighted by Crippen LogP contribution is 2.28. The third-order valence-electron chi connectivity index (χ3n) is 3.20. The van der Waals surface area contributed by atoms with Gasteiger partial charge in [0.05, 0.1) is 0 Å². The van der Waals surface area contributed by atoms with E-state index >= 15 is 0 Å². The van der Waals surface area contributed by atoms with E-state index < -0.39 is 0 Å². The summed E-state index contributed by atoms with van der Waals surface area (Å²) >= 11 is 0. The smallest absolute Gasteiger partial charge is 0.0417 e. The van der Waals surface area contributed by atoms with Gasteiger partial charge in [-0.1, -0.05) is 58.8 Å². The summed E-state index contributed by atoms with van der Waals surface area (Å²) in [5, 5.41) is 0. The second kappa shape index (κ2) is 4.79. The molecule has 0 aliphatic heterocycles. The zero-order valence-corrected chi connectivity index (χ0v) is 8.10. The maximum Gasteiger partial charge on any atom is -0.0417 e. The Bertz CT molecular complexity index is 85.5. The normalized spacial score (nSPS) is 24.5. The number of hydrogen-bond donors (Lipinski definition) is 0. The molecule has 0 N–H and O–H groups in total. The summed E-state index contributed by atoms with van der Waals surface area (Å²) in [5.41, 5.74) is 0. The van der Waals surface area contributed by atoms with Crippen LogP contribution < -0.4 is 0 Å². The second-order valence-corrected chi connectivity index (χ2v) is 4.24. The summed E-state index contributed by atoms with van der Waals surface area (Å²) in [7, 11) is 0. The maximum atomic E-state index is 2.31. The Morgan fingerprint density at radius 2 is 1.45 bits per heavy atom. The Balaban J connectivity index is 0.000000112. The monoisotopic (exact) mass is 154 g/mol. The van der Waals surface area contributed by atoms with E-state index in [-0.39, 0.29) is 0 Å². The molecule has 0 aromatic heterocycles. The van der Waals surface area contributed by atoms with Crippen LogP contribution >= 0.6 is 0 Å². The first-order valence-corrected chi connectivity index (χ1v) is 5.33.